The molecule has 3 aromatic heterocycles. The van der Waals surface area contributed by atoms with Crippen molar-refractivity contribution in [1.82, 2.24) is 25.6 Å². The van der Waals surface area contributed by atoms with Gasteiger partial charge in [0.1, 0.15) is 23.0 Å². The van der Waals surface area contributed by atoms with Crippen molar-refractivity contribution in [3.8, 4) is 17.2 Å². The number of amides is 2. The predicted octanol–water partition coefficient (Wildman–Crippen LogP) is 3.55. The van der Waals surface area contributed by atoms with E-state index in [-0.39, 0.29) is 39.6 Å². The van der Waals surface area contributed by atoms with Gasteiger partial charge in [0.2, 0.25) is 11.8 Å². The molecule has 0 saturated carbocycles. The standard InChI is InChI=1S/C25H23F3N6O4/c1-12(29)21-20(23(36)33-18(22(35)30-2)13-5-4-10-31-11-13)34-24(38-21)15-6-8-16(37-3)19-14(15)7-9-17(32-19)25(26,27)28/h4-12,18H,29H2,1-3H3,(H,30,35)(H,33,36)/t12-,18?/m0/s1. The van der Waals surface area contributed by atoms with Crippen LogP contribution in [0.1, 0.15) is 46.5 Å². The first-order valence-electron chi connectivity index (χ1n) is 11.3. The van der Waals surface area contributed by atoms with E-state index in [1.807, 2.05) is 0 Å². The van der Waals surface area contributed by atoms with Crippen molar-refractivity contribution in [3.63, 3.8) is 0 Å². The van der Waals surface area contributed by atoms with E-state index in [4.69, 9.17) is 14.9 Å². The molecule has 0 bridgehead atoms. The van der Waals surface area contributed by atoms with Gasteiger partial charge in [0, 0.05) is 36.0 Å². The Bertz CT molecular complexity index is 1490. The highest BCUT2D eigenvalue weighted by atomic mass is 19.4. The van der Waals surface area contributed by atoms with Crippen molar-refractivity contribution < 1.29 is 31.9 Å². The number of nitrogens with zero attached hydrogens (tertiary/aromatic N) is 3. The third-order valence-corrected chi connectivity index (χ3v) is 5.64. The van der Waals surface area contributed by atoms with Crippen molar-refractivity contribution in [1.29, 1.82) is 0 Å². The first-order chi connectivity index (χ1) is 18.0. The van der Waals surface area contributed by atoms with Crippen molar-refractivity contribution in [2.45, 2.75) is 25.2 Å². The van der Waals surface area contributed by atoms with Gasteiger partial charge in [-0.2, -0.15) is 13.2 Å². The van der Waals surface area contributed by atoms with Crippen LogP contribution in [0.15, 0.2) is 53.2 Å². The summed E-state index contributed by atoms with van der Waals surface area (Å²) >= 11 is 0. The normalized spacial score (nSPS) is 13.1. The average molecular weight is 528 g/mol. The lowest BCUT2D eigenvalue weighted by molar-refractivity contribution is -0.141. The number of nitrogens with two attached hydrogens (primary N) is 1. The monoisotopic (exact) mass is 528 g/mol. The van der Waals surface area contributed by atoms with Crippen LogP contribution >= 0.6 is 0 Å². The van der Waals surface area contributed by atoms with E-state index < -0.39 is 35.8 Å². The van der Waals surface area contributed by atoms with Gasteiger partial charge in [-0.15, -0.1) is 0 Å². The minimum absolute atomic E-state index is 0.0168. The summed E-state index contributed by atoms with van der Waals surface area (Å²) in [5.41, 5.74) is 5.38. The van der Waals surface area contributed by atoms with E-state index in [2.05, 4.69) is 25.6 Å². The largest absolute Gasteiger partial charge is 0.494 e. The van der Waals surface area contributed by atoms with Crippen LogP contribution in [-0.2, 0) is 11.0 Å². The minimum atomic E-state index is -4.67. The van der Waals surface area contributed by atoms with Crippen molar-refractivity contribution >= 4 is 22.7 Å². The molecule has 10 nitrogen and oxygen atoms in total. The molecule has 4 aromatic rings. The molecular formula is C25H23F3N6O4. The van der Waals surface area contributed by atoms with Crippen LogP contribution in [0.2, 0.25) is 0 Å². The summed E-state index contributed by atoms with van der Waals surface area (Å²) in [6.07, 6.45) is -1.70. The molecule has 2 amide bonds. The maximum absolute atomic E-state index is 13.3. The first-order valence-corrected chi connectivity index (χ1v) is 11.3. The van der Waals surface area contributed by atoms with Crippen LogP contribution < -0.4 is 21.1 Å². The van der Waals surface area contributed by atoms with Crippen LogP contribution in [0.4, 0.5) is 13.2 Å². The molecule has 13 heteroatoms. The second kappa shape index (κ2) is 10.5. The lowest BCUT2D eigenvalue weighted by atomic mass is 10.1. The van der Waals surface area contributed by atoms with Crippen LogP contribution in [0.3, 0.4) is 0 Å². The highest BCUT2D eigenvalue weighted by Gasteiger charge is 2.33. The molecule has 198 valence electrons. The van der Waals surface area contributed by atoms with Gasteiger partial charge < -0.3 is 25.5 Å². The Kier molecular flexibility index (Phi) is 7.30. The molecule has 4 N–H and O–H groups in total. The van der Waals surface area contributed by atoms with Crippen molar-refractivity contribution in [2.24, 2.45) is 5.73 Å². The highest BCUT2D eigenvalue weighted by Crippen LogP contribution is 2.37. The molecule has 4 rings (SSSR count). The van der Waals surface area contributed by atoms with Gasteiger partial charge >= 0.3 is 6.18 Å². The third kappa shape index (κ3) is 5.13. The zero-order valence-corrected chi connectivity index (χ0v) is 20.5. The summed E-state index contributed by atoms with van der Waals surface area (Å²) in [5, 5.41) is 5.35. The van der Waals surface area contributed by atoms with Gasteiger partial charge in [-0.25, -0.2) is 9.97 Å². The van der Waals surface area contributed by atoms with E-state index >= 15 is 0 Å². The fraction of sp³-hybridized carbons (Fsp3) is 0.240. The molecule has 0 aliphatic rings. The number of oxazole rings is 1. The topological polar surface area (TPSA) is 145 Å². The van der Waals surface area contributed by atoms with Crippen molar-refractivity contribution in [2.75, 3.05) is 14.2 Å². The van der Waals surface area contributed by atoms with Gasteiger partial charge in [0.25, 0.3) is 5.91 Å². The molecular weight excluding hydrogens is 505 g/mol. The molecule has 2 atom stereocenters. The Labute approximate surface area is 214 Å². The number of carbonyl (C=O) groups excluding carboxylic acids is 2. The summed E-state index contributed by atoms with van der Waals surface area (Å²) in [7, 11) is 2.73. The molecule has 0 aliphatic heterocycles. The molecule has 0 spiro atoms. The quantitative estimate of drug-likeness (QED) is 0.330. The Morgan fingerprint density at radius 2 is 1.89 bits per heavy atom. The van der Waals surface area contributed by atoms with Crippen molar-refractivity contribution in [3.05, 3.63) is 71.5 Å². The molecule has 0 fully saturated rings. The van der Waals surface area contributed by atoms with Crippen LogP contribution in [0.25, 0.3) is 22.4 Å². The number of methoxy groups -OCH3 is 1. The molecule has 3 heterocycles. The van der Waals surface area contributed by atoms with Crippen LogP contribution in [-0.4, -0.2) is 40.9 Å². The molecule has 0 saturated heterocycles. The number of benzene rings is 1. The lowest BCUT2D eigenvalue weighted by Gasteiger charge is -2.17. The summed E-state index contributed by atoms with van der Waals surface area (Å²) in [4.78, 5) is 37.8. The number of rotatable bonds is 7. The molecule has 1 aromatic carbocycles. The van der Waals surface area contributed by atoms with Gasteiger partial charge in [0.05, 0.1) is 13.2 Å². The number of halogens is 3. The Hall–Kier alpha value is -4.52. The second-order valence-corrected chi connectivity index (χ2v) is 8.23. The summed E-state index contributed by atoms with van der Waals surface area (Å²) in [5.74, 6) is -1.19. The SMILES string of the molecule is CNC(=O)C(NC(=O)c1nc(-c2ccc(OC)c3nc(C(F)(F)F)ccc23)oc1[C@H](C)N)c1cccnc1. The molecule has 0 radical (unpaired) electrons. The number of fused-ring (bicyclic) bond motifs is 1. The van der Waals surface area contributed by atoms with E-state index in [0.717, 1.165) is 6.07 Å². The number of likely N-dealkylation sites (N-methyl/N-ethyl adjacent to an activating group) is 1. The first kappa shape index (κ1) is 26.5. The Balaban J connectivity index is 1.79. The fourth-order valence-electron chi connectivity index (χ4n) is 3.81. The van der Waals surface area contributed by atoms with E-state index in [9.17, 15) is 22.8 Å². The number of pyridine rings is 2. The zero-order valence-electron chi connectivity index (χ0n) is 20.5. The minimum Gasteiger partial charge on any atom is -0.494 e. The van der Waals surface area contributed by atoms with Crippen LogP contribution in [0, 0.1) is 0 Å². The van der Waals surface area contributed by atoms with Gasteiger partial charge in [-0.05, 0) is 37.3 Å². The number of alkyl halides is 3. The number of nitrogens with one attached hydrogen (secondary N) is 2. The van der Waals surface area contributed by atoms with Gasteiger partial charge in [-0.1, -0.05) is 6.07 Å². The van der Waals surface area contributed by atoms with E-state index in [1.54, 1.807) is 19.1 Å². The van der Waals surface area contributed by atoms with Crippen LogP contribution in [0.5, 0.6) is 5.75 Å². The number of aromatic nitrogens is 3. The summed E-state index contributed by atoms with van der Waals surface area (Å²) in [6, 6.07) is 6.37. The number of ether oxygens (including phenoxy) is 1. The predicted molar refractivity (Wildman–Crippen MR) is 130 cm³/mol. The average Bonchev–Trinajstić information content (AvgIpc) is 3.36. The molecule has 1 unspecified atom stereocenters. The maximum atomic E-state index is 13.3. The number of hydrogen-bond donors (Lipinski definition) is 3. The van der Waals surface area contributed by atoms with Gasteiger partial charge in [-0.3, -0.25) is 14.6 Å². The fourth-order valence-corrected chi connectivity index (χ4v) is 3.81. The Morgan fingerprint density at radius 3 is 2.50 bits per heavy atom. The highest BCUT2D eigenvalue weighted by molar-refractivity contribution is 5.99. The lowest BCUT2D eigenvalue weighted by Crippen LogP contribution is -2.39. The summed E-state index contributed by atoms with van der Waals surface area (Å²) < 4.78 is 50.9. The Morgan fingerprint density at radius 1 is 1.13 bits per heavy atom. The maximum Gasteiger partial charge on any atom is 0.433 e. The zero-order chi connectivity index (χ0) is 27.6. The molecule has 38 heavy (non-hydrogen) atoms. The number of hydrogen-bond acceptors (Lipinski definition) is 8. The second-order valence-electron chi connectivity index (χ2n) is 8.23. The summed E-state index contributed by atoms with van der Waals surface area (Å²) in [6.45, 7) is 1.57. The molecule has 0 aliphatic carbocycles. The van der Waals surface area contributed by atoms with E-state index in [1.165, 1.54) is 44.8 Å². The van der Waals surface area contributed by atoms with E-state index in [0.29, 0.717) is 5.56 Å². The van der Waals surface area contributed by atoms with Gasteiger partial charge in [0.15, 0.2) is 11.5 Å². The number of carbonyl (C=O) groups is 2. The third-order valence-electron chi connectivity index (χ3n) is 5.64. The smallest absolute Gasteiger partial charge is 0.433 e.